The molecule has 0 heterocycles. The molecule has 0 aromatic rings. The summed E-state index contributed by atoms with van der Waals surface area (Å²) in [5, 5.41) is 0. The van der Waals surface area contributed by atoms with Gasteiger partial charge in [-0.25, -0.2) is 0 Å². The lowest BCUT2D eigenvalue weighted by Gasteiger charge is -2.35. The fraction of sp³-hybridized carbons (Fsp3) is 0.556. The standard InChI is InChI=1S/C9H22O4Si3/c1-8-15(6,10)12-14(4,5)13-16(7,9-2)11-3/h8-10H,1-2H2,3-7H3. The zero-order valence-corrected chi connectivity index (χ0v) is 13.7. The molecule has 0 saturated carbocycles. The van der Waals surface area contributed by atoms with Crippen molar-refractivity contribution in [2.24, 2.45) is 0 Å². The molecule has 7 heteroatoms. The minimum absolute atomic E-state index is 1.48. The molecule has 0 amide bonds. The molecule has 4 nitrogen and oxygen atoms in total. The van der Waals surface area contributed by atoms with E-state index in [0.717, 1.165) is 0 Å². The predicted octanol–water partition coefficient (Wildman–Crippen LogP) is 1.95. The quantitative estimate of drug-likeness (QED) is 0.723. The van der Waals surface area contributed by atoms with E-state index in [0.29, 0.717) is 0 Å². The van der Waals surface area contributed by atoms with Crippen molar-refractivity contribution in [2.75, 3.05) is 7.11 Å². The van der Waals surface area contributed by atoms with Crippen LogP contribution in [0.4, 0.5) is 0 Å². The van der Waals surface area contributed by atoms with Gasteiger partial charge in [0, 0.05) is 7.11 Å². The maximum atomic E-state index is 9.90. The van der Waals surface area contributed by atoms with Gasteiger partial charge in [-0.1, -0.05) is 11.4 Å². The molecular formula is C9H22O4Si3. The molecule has 0 aliphatic rings. The topological polar surface area (TPSA) is 47.9 Å². The van der Waals surface area contributed by atoms with Crippen molar-refractivity contribution < 1.29 is 17.5 Å². The molecule has 0 saturated heterocycles. The van der Waals surface area contributed by atoms with E-state index in [2.05, 4.69) is 13.2 Å². The molecule has 2 unspecified atom stereocenters. The Bertz CT molecular complexity index is 267. The number of hydrogen-bond acceptors (Lipinski definition) is 4. The molecule has 2 atom stereocenters. The van der Waals surface area contributed by atoms with E-state index in [1.165, 1.54) is 5.70 Å². The molecule has 0 bridgehead atoms. The maximum Gasteiger partial charge on any atom is 0.352 e. The van der Waals surface area contributed by atoms with Crippen LogP contribution in [0.3, 0.4) is 0 Å². The Hall–Kier alpha value is -0.0294. The van der Waals surface area contributed by atoms with Gasteiger partial charge in [0.15, 0.2) is 0 Å². The van der Waals surface area contributed by atoms with Crippen molar-refractivity contribution in [1.82, 2.24) is 0 Å². The van der Waals surface area contributed by atoms with Crippen molar-refractivity contribution in [2.45, 2.75) is 26.2 Å². The summed E-state index contributed by atoms with van der Waals surface area (Å²) in [6, 6.07) is 0. The average molecular weight is 279 g/mol. The lowest BCUT2D eigenvalue weighted by Crippen LogP contribution is -2.54. The Morgan fingerprint density at radius 3 is 1.81 bits per heavy atom. The molecule has 0 radical (unpaired) electrons. The molecule has 0 aromatic heterocycles. The highest BCUT2D eigenvalue weighted by molar-refractivity contribution is 6.87. The van der Waals surface area contributed by atoms with E-state index >= 15 is 0 Å². The van der Waals surface area contributed by atoms with E-state index in [1.807, 2.05) is 19.6 Å². The monoisotopic (exact) mass is 278 g/mol. The SMILES string of the molecule is C=C[Si](C)(O)O[Si](C)(C)O[Si](C)(C=C)OC. The van der Waals surface area contributed by atoms with Crippen LogP contribution in [0, 0.1) is 0 Å². The Morgan fingerprint density at radius 2 is 1.50 bits per heavy atom. The lowest BCUT2D eigenvalue weighted by atomic mass is 11.3. The van der Waals surface area contributed by atoms with Crippen molar-refractivity contribution >= 4 is 25.7 Å². The summed E-state index contributed by atoms with van der Waals surface area (Å²) in [6.45, 7) is 14.6. The number of hydrogen-bond donors (Lipinski definition) is 1. The van der Waals surface area contributed by atoms with Gasteiger partial charge in [-0.2, -0.15) is 0 Å². The van der Waals surface area contributed by atoms with Crippen LogP contribution >= 0.6 is 0 Å². The van der Waals surface area contributed by atoms with Gasteiger partial charge < -0.3 is 17.5 Å². The normalized spacial score (nSPS) is 19.6. The third-order valence-electron chi connectivity index (χ3n) is 2.06. The van der Waals surface area contributed by atoms with Gasteiger partial charge in [-0.15, -0.1) is 13.2 Å². The summed E-state index contributed by atoms with van der Waals surface area (Å²) >= 11 is 0. The van der Waals surface area contributed by atoms with E-state index in [1.54, 1.807) is 19.4 Å². The molecule has 0 aromatic carbocycles. The van der Waals surface area contributed by atoms with Crippen molar-refractivity contribution in [1.29, 1.82) is 0 Å². The first-order valence-corrected chi connectivity index (χ1v) is 12.7. The Morgan fingerprint density at radius 1 is 1.00 bits per heavy atom. The molecule has 94 valence electrons. The Balaban J connectivity index is 4.68. The molecule has 16 heavy (non-hydrogen) atoms. The second-order valence-corrected chi connectivity index (χ2v) is 14.1. The van der Waals surface area contributed by atoms with Gasteiger partial charge in [0.25, 0.3) is 0 Å². The smallest absolute Gasteiger partial charge is 0.352 e. The van der Waals surface area contributed by atoms with Gasteiger partial charge in [-0.3, -0.25) is 0 Å². The molecule has 1 N–H and O–H groups in total. The van der Waals surface area contributed by atoms with Gasteiger partial charge in [0.1, 0.15) is 0 Å². The van der Waals surface area contributed by atoms with E-state index in [9.17, 15) is 4.80 Å². The van der Waals surface area contributed by atoms with Crippen LogP contribution in [-0.4, -0.2) is 37.6 Å². The Kier molecular flexibility index (Phi) is 5.53. The average Bonchev–Trinajstić information content (AvgIpc) is 2.15. The molecule has 0 rings (SSSR count). The summed E-state index contributed by atoms with van der Waals surface area (Å²) in [4.78, 5) is 9.90. The van der Waals surface area contributed by atoms with Crippen molar-refractivity contribution in [3.8, 4) is 0 Å². The minimum Gasteiger partial charge on any atom is -0.412 e. The van der Waals surface area contributed by atoms with Crippen LogP contribution in [-0.2, 0) is 12.7 Å². The van der Waals surface area contributed by atoms with Crippen LogP contribution in [0.5, 0.6) is 0 Å². The third-order valence-corrected chi connectivity index (χ3v) is 11.6. The van der Waals surface area contributed by atoms with Gasteiger partial charge >= 0.3 is 25.7 Å². The molecule has 0 aliphatic heterocycles. The first-order chi connectivity index (χ1) is 7.10. The van der Waals surface area contributed by atoms with Gasteiger partial charge in [0.05, 0.1) is 0 Å². The van der Waals surface area contributed by atoms with Crippen LogP contribution in [0.1, 0.15) is 0 Å². The second-order valence-electron chi connectivity index (χ2n) is 4.29. The highest BCUT2D eigenvalue weighted by atomic mass is 28.5. The van der Waals surface area contributed by atoms with Crippen LogP contribution < -0.4 is 0 Å². The molecular weight excluding hydrogens is 256 g/mol. The first-order valence-electron chi connectivity index (χ1n) is 5.05. The fourth-order valence-electron chi connectivity index (χ4n) is 1.21. The lowest BCUT2D eigenvalue weighted by molar-refractivity contribution is 0.270. The molecule has 0 aliphatic carbocycles. The predicted molar refractivity (Wildman–Crippen MR) is 72.5 cm³/mol. The largest absolute Gasteiger partial charge is 0.412 e. The highest BCUT2D eigenvalue weighted by Crippen LogP contribution is 2.20. The molecule has 0 spiro atoms. The maximum absolute atomic E-state index is 9.90. The van der Waals surface area contributed by atoms with Crippen LogP contribution in [0.15, 0.2) is 24.6 Å². The van der Waals surface area contributed by atoms with Crippen LogP contribution in [0.2, 0.25) is 26.2 Å². The summed E-state index contributed by atoms with van der Waals surface area (Å²) in [6.07, 6.45) is 0. The number of rotatable bonds is 7. The molecule has 0 fully saturated rings. The van der Waals surface area contributed by atoms with Gasteiger partial charge in [0.2, 0.25) is 0 Å². The highest BCUT2D eigenvalue weighted by Gasteiger charge is 2.41. The van der Waals surface area contributed by atoms with Crippen molar-refractivity contribution in [3.63, 3.8) is 0 Å². The van der Waals surface area contributed by atoms with Gasteiger partial charge in [-0.05, 0) is 26.2 Å². The zero-order chi connectivity index (χ0) is 13.0. The summed E-state index contributed by atoms with van der Waals surface area (Å²) in [5.74, 6) is 0. The zero-order valence-electron chi connectivity index (χ0n) is 10.7. The second kappa shape index (κ2) is 5.54. The first kappa shape index (κ1) is 16.0. The van der Waals surface area contributed by atoms with Crippen molar-refractivity contribution in [3.05, 3.63) is 24.6 Å². The summed E-state index contributed by atoms with van der Waals surface area (Å²) in [7, 11) is -6.01. The van der Waals surface area contributed by atoms with E-state index in [4.69, 9.17) is 12.7 Å². The Labute approximate surface area is 101 Å². The summed E-state index contributed by atoms with van der Waals surface area (Å²) < 4.78 is 16.9. The van der Waals surface area contributed by atoms with Crippen LogP contribution in [0.25, 0.3) is 0 Å². The fourth-order valence-corrected chi connectivity index (χ4v) is 10.8. The van der Waals surface area contributed by atoms with E-state index < -0.39 is 25.7 Å². The minimum atomic E-state index is -2.80. The van der Waals surface area contributed by atoms with E-state index in [-0.39, 0.29) is 0 Å². The summed E-state index contributed by atoms with van der Waals surface area (Å²) in [5.41, 5.74) is 3.18. The third kappa shape index (κ3) is 5.34.